The number of hydrogen-bond acceptors (Lipinski definition) is 6. The van der Waals surface area contributed by atoms with E-state index in [2.05, 4.69) is 4.98 Å². The van der Waals surface area contributed by atoms with E-state index in [0.717, 1.165) is 29.5 Å². The lowest BCUT2D eigenvalue weighted by molar-refractivity contribution is 0.000339. The molecule has 1 aliphatic rings. The number of benzene rings is 2. The fraction of sp³-hybridized carbons (Fsp3) is 0.286. The Morgan fingerprint density at radius 2 is 1.83 bits per heavy atom. The zero-order valence-electron chi connectivity index (χ0n) is 20.4. The first kappa shape index (κ1) is 24.2. The van der Waals surface area contributed by atoms with Gasteiger partial charge in [-0.05, 0) is 74.7 Å². The van der Waals surface area contributed by atoms with Gasteiger partial charge in [0, 0.05) is 41.8 Å². The van der Waals surface area contributed by atoms with E-state index < -0.39 is 15.4 Å². The number of carbonyl (C=O) groups is 1. The van der Waals surface area contributed by atoms with Gasteiger partial charge in [0.15, 0.2) is 15.4 Å². The highest BCUT2D eigenvalue weighted by molar-refractivity contribution is 7.90. The van der Waals surface area contributed by atoms with Crippen molar-refractivity contribution in [2.24, 2.45) is 0 Å². The van der Waals surface area contributed by atoms with Crippen LogP contribution in [0.5, 0.6) is 0 Å². The van der Waals surface area contributed by atoms with Crippen LogP contribution in [-0.2, 0) is 9.84 Å². The molecule has 0 radical (unpaired) electrons. The molecule has 0 aliphatic carbocycles. The molecule has 7 nitrogen and oxygen atoms in total. The predicted molar refractivity (Wildman–Crippen MR) is 138 cm³/mol. The van der Waals surface area contributed by atoms with Crippen molar-refractivity contribution >= 4 is 26.8 Å². The molecular formula is C28H28N2O5S. The van der Waals surface area contributed by atoms with Crippen molar-refractivity contribution in [1.29, 1.82) is 0 Å². The standard InChI is InChI=1S/C28H28N2O5S/c1-28(2,32)25-8-5-15-30(25)27(31)20-7-4-6-19(16-20)22-13-14-29-23-17-24(35-26(22)23)18-9-11-21(12-10-18)36(3,33)34/h4,6-7,9-14,16-17,25,32H,5,8,15H2,1-3H3/t25-/m0/s1. The molecule has 36 heavy (non-hydrogen) atoms. The Bertz CT molecular complexity index is 1550. The summed E-state index contributed by atoms with van der Waals surface area (Å²) in [5, 5.41) is 10.5. The largest absolute Gasteiger partial charge is 0.454 e. The number of furan rings is 1. The summed E-state index contributed by atoms with van der Waals surface area (Å²) >= 11 is 0. The number of likely N-dealkylation sites (tertiary alicyclic amines) is 1. The molecule has 1 saturated heterocycles. The zero-order valence-corrected chi connectivity index (χ0v) is 21.2. The van der Waals surface area contributed by atoms with Gasteiger partial charge in [-0.2, -0.15) is 0 Å². The third-order valence-corrected chi connectivity index (χ3v) is 7.86. The smallest absolute Gasteiger partial charge is 0.254 e. The van der Waals surface area contributed by atoms with Gasteiger partial charge in [0.25, 0.3) is 5.91 Å². The summed E-state index contributed by atoms with van der Waals surface area (Å²) < 4.78 is 29.7. The third-order valence-electron chi connectivity index (χ3n) is 6.73. The summed E-state index contributed by atoms with van der Waals surface area (Å²) in [5.41, 5.74) is 3.19. The van der Waals surface area contributed by atoms with Crippen LogP contribution in [0, 0.1) is 0 Å². The quantitative estimate of drug-likeness (QED) is 0.413. The lowest BCUT2D eigenvalue weighted by Crippen LogP contribution is -2.48. The van der Waals surface area contributed by atoms with Crippen LogP contribution >= 0.6 is 0 Å². The van der Waals surface area contributed by atoms with Gasteiger partial charge in [-0.25, -0.2) is 8.42 Å². The van der Waals surface area contributed by atoms with Gasteiger partial charge in [-0.15, -0.1) is 0 Å². The summed E-state index contributed by atoms with van der Waals surface area (Å²) in [5.74, 6) is 0.472. The first-order valence-electron chi connectivity index (χ1n) is 11.9. The summed E-state index contributed by atoms with van der Waals surface area (Å²) in [6.45, 7) is 4.12. The molecule has 1 atom stereocenters. The average molecular weight is 505 g/mol. The average Bonchev–Trinajstić information content (AvgIpc) is 3.50. The topological polar surface area (TPSA) is 101 Å². The SMILES string of the molecule is CC(C)(O)[C@@H]1CCCN1C(=O)c1cccc(-c2ccnc3cc(-c4ccc(S(C)(=O)=O)cc4)oc23)c1. The maximum Gasteiger partial charge on any atom is 0.254 e. The Labute approximate surface area is 210 Å². The first-order chi connectivity index (χ1) is 17.0. The number of fused-ring (bicyclic) bond motifs is 1. The molecule has 2 aromatic heterocycles. The van der Waals surface area contributed by atoms with Gasteiger partial charge in [0.05, 0.1) is 16.5 Å². The van der Waals surface area contributed by atoms with E-state index in [1.54, 1.807) is 55.3 Å². The van der Waals surface area contributed by atoms with Gasteiger partial charge in [-0.3, -0.25) is 9.78 Å². The number of amides is 1. The Morgan fingerprint density at radius 3 is 2.53 bits per heavy atom. The van der Waals surface area contributed by atoms with E-state index in [1.807, 2.05) is 30.3 Å². The van der Waals surface area contributed by atoms with E-state index in [-0.39, 0.29) is 16.8 Å². The molecule has 1 aliphatic heterocycles. The molecule has 4 aromatic rings. The number of nitrogens with zero attached hydrogens (tertiary/aromatic N) is 2. The number of sulfone groups is 1. The van der Waals surface area contributed by atoms with E-state index in [0.29, 0.717) is 29.0 Å². The van der Waals surface area contributed by atoms with Crippen LogP contribution < -0.4 is 0 Å². The number of pyridine rings is 1. The minimum Gasteiger partial charge on any atom is -0.454 e. The normalized spacial score (nSPS) is 16.6. The van der Waals surface area contributed by atoms with Crippen LogP contribution in [0.25, 0.3) is 33.6 Å². The highest BCUT2D eigenvalue weighted by Crippen LogP contribution is 2.35. The Morgan fingerprint density at radius 1 is 1.08 bits per heavy atom. The van der Waals surface area contributed by atoms with Crippen molar-refractivity contribution in [2.45, 2.75) is 43.2 Å². The molecule has 3 heterocycles. The molecule has 0 unspecified atom stereocenters. The van der Waals surface area contributed by atoms with Crippen molar-refractivity contribution < 1.29 is 22.7 Å². The minimum absolute atomic E-state index is 0.0992. The Kier molecular flexibility index (Phi) is 5.97. The molecule has 5 rings (SSSR count). The Balaban J connectivity index is 1.50. The molecular weight excluding hydrogens is 476 g/mol. The van der Waals surface area contributed by atoms with Crippen LogP contribution in [0.1, 0.15) is 37.0 Å². The fourth-order valence-electron chi connectivity index (χ4n) is 4.90. The minimum atomic E-state index is -3.29. The second-order valence-corrected chi connectivity index (χ2v) is 11.9. The van der Waals surface area contributed by atoms with Crippen LogP contribution in [0.3, 0.4) is 0 Å². The molecule has 0 saturated carbocycles. The summed E-state index contributed by atoms with van der Waals surface area (Å²) in [7, 11) is -3.29. The number of carbonyl (C=O) groups excluding carboxylic acids is 1. The predicted octanol–water partition coefficient (Wildman–Crippen LogP) is 4.94. The maximum atomic E-state index is 13.4. The van der Waals surface area contributed by atoms with Gasteiger partial charge in [0.2, 0.25) is 0 Å². The molecule has 0 spiro atoms. The van der Waals surface area contributed by atoms with Crippen molar-refractivity contribution in [2.75, 3.05) is 12.8 Å². The fourth-order valence-corrected chi connectivity index (χ4v) is 5.53. The third kappa shape index (κ3) is 4.54. The molecule has 8 heteroatoms. The van der Waals surface area contributed by atoms with E-state index in [4.69, 9.17) is 4.42 Å². The number of aliphatic hydroxyl groups is 1. The van der Waals surface area contributed by atoms with Gasteiger partial charge < -0.3 is 14.4 Å². The van der Waals surface area contributed by atoms with E-state index >= 15 is 0 Å². The molecule has 1 fully saturated rings. The van der Waals surface area contributed by atoms with E-state index in [1.165, 1.54) is 6.26 Å². The van der Waals surface area contributed by atoms with Gasteiger partial charge >= 0.3 is 0 Å². The second kappa shape index (κ2) is 8.87. The molecule has 0 bridgehead atoms. The zero-order chi connectivity index (χ0) is 25.7. The molecule has 186 valence electrons. The van der Waals surface area contributed by atoms with Crippen LogP contribution in [-0.4, -0.2) is 53.8 Å². The first-order valence-corrected chi connectivity index (χ1v) is 13.7. The molecule has 1 N–H and O–H groups in total. The van der Waals surface area contributed by atoms with Crippen molar-refractivity contribution in [3.05, 3.63) is 72.4 Å². The van der Waals surface area contributed by atoms with Crippen LogP contribution in [0.4, 0.5) is 0 Å². The van der Waals surface area contributed by atoms with Gasteiger partial charge in [0.1, 0.15) is 11.3 Å². The highest BCUT2D eigenvalue weighted by Gasteiger charge is 2.38. The van der Waals surface area contributed by atoms with Crippen molar-refractivity contribution in [3.8, 4) is 22.5 Å². The Hall–Kier alpha value is -3.49. The lowest BCUT2D eigenvalue weighted by atomic mass is 9.96. The number of rotatable bonds is 5. The van der Waals surface area contributed by atoms with Crippen LogP contribution in [0.15, 0.2) is 76.2 Å². The molecule has 2 aromatic carbocycles. The second-order valence-electron chi connectivity index (χ2n) is 9.87. The highest BCUT2D eigenvalue weighted by atomic mass is 32.2. The number of aromatic nitrogens is 1. The summed E-state index contributed by atoms with van der Waals surface area (Å²) in [6.07, 6.45) is 4.52. The molecule has 1 amide bonds. The van der Waals surface area contributed by atoms with E-state index in [9.17, 15) is 18.3 Å². The summed E-state index contributed by atoms with van der Waals surface area (Å²) in [6, 6.07) is 17.4. The monoisotopic (exact) mass is 504 g/mol. The van der Waals surface area contributed by atoms with Crippen LogP contribution in [0.2, 0.25) is 0 Å². The van der Waals surface area contributed by atoms with Crippen molar-refractivity contribution in [1.82, 2.24) is 9.88 Å². The van der Waals surface area contributed by atoms with Gasteiger partial charge in [-0.1, -0.05) is 12.1 Å². The summed E-state index contributed by atoms with van der Waals surface area (Å²) in [4.78, 5) is 19.8. The van der Waals surface area contributed by atoms with Crippen molar-refractivity contribution in [3.63, 3.8) is 0 Å². The lowest BCUT2D eigenvalue weighted by Gasteiger charge is -2.34. The maximum absolute atomic E-state index is 13.4. The number of hydrogen-bond donors (Lipinski definition) is 1.